The minimum Gasteiger partial charge on any atom is -0.481 e. The lowest BCUT2D eigenvalue weighted by molar-refractivity contribution is -0.137. The van der Waals surface area contributed by atoms with Crippen molar-refractivity contribution in [2.45, 2.75) is 31.7 Å². The minimum atomic E-state index is -1.23. The number of aliphatic carboxylic acids is 1. The number of nitrogens with zero attached hydrogens (tertiary/aromatic N) is 1. The van der Waals surface area contributed by atoms with Crippen LogP contribution >= 0.6 is 11.3 Å². The van der Waals surface area contributed by atoms with Crippen molar-refractivity contribution in [2.24, 2.45) is 4.99 Å². The number of nitrogens with one attached hydrogen (secondary N) is 3. The van der Waals surface area contributed by atoms with Crippen LogP contribution in [0.2, 0.25) is 0 Å². The van der Waals surface area contributed by atoms with Gasteiger partial charge in [-0.3, -0.25) is 24.7 Å². The molecule has 0 spiro atoms. The van der Waals surface area contributed by atoms with Crippen LogP contribution in [0.5, 0.6) is 0 Å². The van der Waals surface area contributed by atoms with Crippen molar-refractivity contribution < 1.29 is 28.3 Å². The van der Waals surface area contributed by atoms with E-state index in [-0.39, 0.29) is 17.9 Å². The Morgan fingerprint density at radius 2 is 1.94 bits per heavy atom. The number of rotatable bonds is 8. The zero-order valence-electron chi connectivity index (χ0n) is 17.0. The van der Waals surface area contributed by atoms with Gasteiger partial charge in [0.2, 0.25) is 5.91 Å². The van der Waals surface area contributed by atoms with Crippen molar-refractivity contribution in [1.29, 1.82) is 0 Å². The van der Waals surface area contributed by atoms with E-state index in [1.54, 1.807) is 12.1 Å². The van der Waals surface area contributed by atoms with Crippen LogP contribution in [0, 0.1) is 11.6 Å². The Morgan fingerprint density at radius 3 is 2.59 bits per heavy atom. The molecule has 0 aliphatic carbocycles. The summed E-state index contributed by atoms with van der Waals surface area (Å²) in [6, 6.07) is 4.80. The number of thiophene rings is 1. The first-order chi connectivity index (χ1) is 15.3. The van der Waals surface area contributed by atoms with Crippen LogP contribution in [0.3, 0.4) is 0 Å². The zero-order valence-corrected chi connectivity index (χ0v) is 17.8. The van der Waals surface area contributed by atoms with E-state index in [0.29, 0.717) is 29.9 Å². The van der Waals surface area contributed by atoms with Crippen LogP contribution in [0.4, 0.5) is 8.78 Å². The fourth-order valence-corrected chi connectivity index (χ4v) is 4.02. The normalized spacial score (nSPS) is 14.1. The van der Waals surface area contributed by atoms with Gasteiger partial charge < -0.3 is 15.7 Å². The summed E-state index contributed by atoms with van der Waals surface area (Å²) < 4.78 is 27.1. The van der Waals surface area contributed by atoms with Crippen molar-refractivity contribution in [3.63, 3.8) is 0 Å². The molecule has 170 valence electrons. The molecule has 1 atom stereocenters. The molecule has 3 rings (SSSR count). The average molecular weight is 464 g/mol. The molecule has 11 heteroatoms. The Bertz CT molecular complexity index is 1020. The molecule has 4 N–H and O–H groups in total. The fourth-order valence-electron chi connectivity index (χ4n) is 3.11. The number of guanidine groups is 1. The van der Waals surface area contributed by atoms with Gasteiger partial charge in [0.25, 0.3) is 5.91 Å². The number of carboxylic acid groups (broad SMARTS) is 1. The van der Waals surface area contributed by atoms with Gasteiger partial charge in [-0.15, -0.1) is 11.3 Å². The average Bonchev–Trinajstić information content (AvgIpc) is 3.21. The maximum atomic E-state index is 13.5. The molecule has 32 heavy (non-hydrogen) atoms. The highest BCUT2D eigenvalue weighted by Gasteiger charge is 2.21. The molecule has 1 aromatic carbocycles. The van der Waals surface area contributed by atoms with Gasteiger partial charge in [0.05, 0.1) is 17.3 Å². The number of hydrogen-bond donors (Lipinski definition) is 4. The van der Waals surface area contributed by atoms with Crippen molar-refractivity contribution in [3.8, 4) is 0 Å². The fraction of sp³-hybridized carbons (Fsp3) is 0.333. The van der Waals surface area contributed by atoms with Crippen LogP contribution in [-0.4, -0.2) is 41.9 Å². The molecule has 2 heterocycles. The van der Waals surface area contributed by atoms with Gasteiger partial charge in [-0.1, -0.05) is 0 Å². The maximum absolute atomic E-state index is 13.5. The molecule has 0 radical (unpaired) electrons. The summed E-state index contributed by atoms with van der Waals surface area (Å²) >= 11 is 1.16. The second-order valence-electron chi connectivity index (χ2n) is 7.15. The minimum absolute atomic E-state index is 0.0194. The number of halogens is 2. The third kappa shape index (κ3) is 6.84. The Balaban J connectivity index is 1.60. The van der Waals surface area contributed by atoms with E-state index in [4.69, 9.17) is 5.11 Å². The Hall–Kier alpha value is -3.34. The predicted octanol–water partition coefficient (Wildman–Crippen LogP) is 2.37. The summed E-state index contributed by atoms with van der Waals surface area (Å²) in [4.78, 5) is 41.1. The molecule has 1 aliphatic rings. The number of amides is 2. The van der Waals surface area contributed by atoms with E-state index in [2.05, 4.69) is 20.9 Å². The van der Waals surface area contributed by atoms with Gasteiger partial charge >= 0.3 is 5.97 Å². The molecule has 1 unspecified atom stereocenters. The maximum Gasteiger partial charge on any atom is 0.305 e. The van der Waals surface area contributed by atoms with Gasteiger partial charge in [-0.05, 0) is 42.7 Å². The first-order valence-corrected chi connectivity index (χ1v) is 10.8. The molecule has 0 saturated heterocycles. The van der Waals surface area contributed by atoms with Crippen LogP contribution in [-0.2, 0) is 16.0 Å². The summed E-state index contributed by atoms with van der Waals surface area (Å²) in [7, 11) is 0. The van der Waals surface area contributed by atoms with Gasteiger partial charge in [-0.25, -0.2) is 8.78 Å². The highest BCUT2D eigenvalue weighted by atomic mass is 32.1. The molecule has 2 aromatic rings. The third-order valence-electron chi connectivity index (χ3n) is 4.61. The molecule has 8 nitrogen and oxygen atoms in total. The van der Waals surface area contributed by atoms with Crippen molar-refractivity contribution in [1.82, 2.24) is 16.0 Å². The summed E-state index contributed by atoms with van der Waals surface area (Å²) in [6.07, 6.45) is 0.989. The third-order valence-corrected chi connectivity index (χ3v) is 5.75. The number of hydrogen-bond acceptors (Lipinski definition) is 6. The molecule has 1 aromatic heterocycles. The van der Waals surface area contributed by atoms with Gasteiger partial charge in [0.1, 0.15) is 11.6 Å². The second kappa shape index (κ2) is 10.8. The van der Waals surface area contributed by atoms with Crippen molar-refractivity contribution in [2.75, 3.05) is 13.1 Å². The van der Waals surface area contributed by atoms with Crippen molar-refractivity contribution in [3.05, 3.63) is 57.3 Å². The first kappa shape index (κ1) is 23.3. The summed E-state index contributed by atoms with van der Waals surface area (Å²) in [5.41, 5.74) is 0.0194. The second-order valence-corrected chi connectivity index (χ2v) is 8.32. The number of aryl methyl sites for hydroxylation is 1. The van der Waals surface area contributed by atoms with Crippen LogP contribution in [0.15, 0.2) is 35.3 Å². The predicted molar refractivity (Wildman–Crippen MR) is 115 cm³/mol. The molecule has 2 amide bonds. The van der Waals surface area contributed by atoms with Crippen molar-refractivity contribution >= 4 is 35.1 Å². The molecular weight excluding hydrogens is 442 g/mol. The lowest BCUT2D eigenvalue weighted by atomic mass is 10.0. The standard InChI is InChI=1S/C21H22F2N4O4S/c22-13-8-12(9-14(23)10-13)16(11-19(29)30)26-20(31)17-4-2-15(32-17)3-5-18(28)27-21-24-6-1-7-25-21/h2,4,8-10,16H,1,3,5-7,11H2,(H,26,31)(H,29,30)(H2,24,25,27,28). The van der Waals surface area contributed by atoms with Gasteiger partial charge in [0, 0.05) is 30.5 Å². The Morgan fingerprint density at radius 1 is 1.19 bits per heavy atom. The largest absolute Gasteiger partial charge is 0.481 e. The number of carbonyl (C=O) groups excluding carboxylic acids is 2. The van der Waals surface area contributed by atoms with E-state index in [1.165, 1.54) is 0 Å². The molecule has 0 saturated carbocycles. The first-order valence-electron chi connectivity index (χ1n) is 9.95. The Labute approximate surface area is 186 Å². The highest BCUT2D eigenvalue weighted by Crippen LogP contribution is 2.23. The lowest BCUT2D eigenvalue weighted by Crippen LogP contribution is -2.43. The summed E-state index contributed by atoms with van der Waals surface area (Å²) in [5, 5.41) is 17.3. The van der Waals surface area contributed by atoms with Gasteiger partial charge in [0.15, 0.2) is 5.96 Å². The number of carboxylic acids is 1. The Kier molecular flexibility index (Phi) is 7.87. The monoisotopic (exact) mass is 464 g/mol. The van der Waals surface area contributed by atoms with E-state index in [0.717, 1.165) is 41.3 Å². The number of benzene rings is 1. The molecular formula is C21H22F2N4O4S. The lowest BCUT2D eigenvalue weighted by Gasteiger charge is -2.17. The van der Waals surface area contributed by atoms with E-state index >= 15 is 0 Å². The van der Waals surface area contributed by atoms with Crippen LogP contribution in [0.25, 0.3) is 0 Å². The quantitative estimate of drug-likeness (QED) is 0.478. The highest BCUT2D eigenvalue weighted by molar-refractivity contribution is 7.14. The number of carbonyl (C=O) groups is 3. The molecule has 0 bridgehead atoms. The van der Waals surface area contributed by atoms with Crippen LogP contribution in [0.1, 0.15) is 45.4 Å². The van der Waals surface area contributed by atoms with Crippen LogP contribution < -0.4 is 16.0 Å². The topological polar surface area (TPSA) is 120 Å². The summed E-state index contributed by atoms with van der Waals surface area (Å²) in [5.74, 6) is -3.26. The smallest absolute Gasteiger partial charge is 0.305 e. The number of aliphatic imine (C=N–C) groups is 1. The van der Waals surface area contributed by atoms with E-state index in [1.807, 2.05) is 0 Å². The zero-order chi connectivity index (χ0) is 23.1. The van der Waals surface area contributed by atoms with Gasteiger partial charge in [-0.2, -0.15) is 0 Å². The molecule has 0 fully saturated rings. The van der Waals surface area contributed by atoms with E-state index in [9.17, 15) is 23.2 Å². The molecule has 1 aliphatic heterocycles. The summed E-state index contributed by atoms with van der Waals surface area (Å²) in [6.45, 7) is 1.42. The van der Waals surface area contributed by atoms with E-state index < -0.39 is 36.0 Å². The SMILES string of the molecule is O=C(O)CC(NC(=O)c1ccc(CCC(=O)NC2=NCCCN2)s1)c1cc(F)cc(F)c1.